The molecule has 1 heterocycles. The van der Waals surface area contributed by atoms with Gasteiger partial charge < -0.3 is 15.1 Å². The van der Waals surface area contributed by atoms with Crippen molar-refractivity contribution < 1.29 is 19.8 Å². The van der Waals surface area contributed by atoms with Crippen LogP contribution in [0.5, 0.6) is 5.75 Å². The van der Waals surface area contributed by atoms with Crippen LogP contribution < -0.4 is 0 Å². The highest BCUT2D eigenvalue weighted by Crippen LogP contribution is 2.41. The largest absolute Gasteiger partial charge is 0.508 e. The Labute approximate surface area is 191 Å². The number of carbonyl (C=O) groups is 2. The maximum absolute atomic E-state index is 13.1. The summed E-state index contributed by atoms with van der Waals surface area (Å²) in [4.78, 5) is 27.7. The number of phenolic OH excluding ortho intramolecular Hbond substituents is 1. The normalized spacial score (nSPS) is 17.7. The molecule has 0 radical (unpaired) electrons. The Morgan fingerprint density at radius 2 is 1.72 bits per heavy atom. The van der Waals surface area contributed by atoms with Crippen LogP contribution in [0.4, 0.5) is 0 Å². The molecule has 1 unspecified atom stereocenters. The molecule has 1 aliphatic heterocycles. The van der Waals surface area contributed by atoms with Crippen LogP contribution in [0.15, 0.2) is 72.3 Å². The lowest BCUT2D eigenvalue weighted by Gasteiger charge is -2.26. The molecule has 1 aliphatic rings. The average Bonchev–Trinajstić information content (AvgIpc) is 3.01. The first-order chi connectivity index (χ1) is 15.3. The minimum absolute atomic E-state index is 0.00624. The third kappa shape index (κ3) is 3.99. The molecule has 3 aromatic carbocycles. The zero-order chi connectivity index (χ0) is 23.0. The highest BCUT2D eigenvalue weighted by Gasteiger charge is 2.46. The van der Waals surface area contributed by atoms with E-state index in [0.29, 0.717) is 16.1 Å². The van der Waals surface area contributed by atoms with Gasteiger partial charge in [0, 0.05) is 17.1 Å². The van der Waals surface area contributed by atoms with Crippen LogP contribution in [0, 0.1) is 13.8 Å². The Morgan fingerprint density at radius 3 is 2.41 bits per heavy atom. The average molecular weight is 448 g/mol. The highest BCUT2D eigenvalue weighted by molar-refractivity contribution is 6.46. The van der Waals surface area contributed by atoms with Crippen molar-refractivity contribution in [1.82, 2.24) is 4.90 Å². The number of nitrogens with zero attached hydrogens (tertiary/aromatic N) is 1. The molecule has 1 amide bonds. The molecule has 162 valence electrons. The maximum atomic E-state index is 13.1. The first-order valence-corrected chi connectivity index (χ1v) is 10.5. The van der Waals surface area contributed by atoms with Crippen LogP contribution in [-0.4, -0.2) is 26.8 Å². The Hall–Kier alpha value is -3.57. The first kappa shape index (κ1) is 21.7. The fourth-order valence-corrected chi connectivity index (χ4v) is 4.18. The Kier molecular flexibility index (Phi) is 5.76. The van der Waals surface area contributed by atoms with E-state index in [2.05, 4.69) is 0 Å². The number of carbonyl (C=O) groups excluding carboxylic acids is 2. The van der Waals surface area contributed by atoms with Gasteiger partial charge in [-0.2, -0.15) is 0 Å². The summed E-state index contributed by atoms with van der Waals surface area (Å²) < 4.78 is 0. The van der Waals surface area contributed by atoms with Gasteiger partial charge in [-0.25, -0.2) is 0 Å². The van der Waals surface area contributed by atoms with E-state index < -0.39 is 17.7 Å². The third-order valence-electron chi connectivity index (χ3n) is 5.69. The van der Waals surface area contributed by atoms with Crippen molar-refractivity contribution in [2.75, 3.05) is 0 Å². The molecule has 32 heavy (non-hydrogen) atoms. The summed E-state index contributed by atoms with van der Waals surface area (Å²) in [5, 5.41) is 21.2. The van der Waals surface area contributed by atoms with E-state index in [1.165, 1.54) is 17.0 Å². The number of hydrogen-bond acceptors (Lipinski definition) is 4. The molecule has 0 bridgehead atoms. The molecule has 1 fully saturated rings. The molecule has 0 aromatic heterocycles. The van der Waals surface area contributed by atoms with E-state index in [1.54, 1.807) is 36.4 Å². The molecule has 0 saturated carbocycles. The van der Waals surface area contributed by atoms with E-state index in [1.807, 2.05) is 32.0 Å². The molecular weight excluding hydrogens is 426 g/mol. The summed E-state index contributed by atoms with van der Waals surface area (Å²) in [6, 6.07) is 17.9. The summed E-state index contributed by atoms with van der Waals surface area (Å²) >= 11 is 6.08. The molecule has 1 saturated heterocycles. The number of Topliss-reactive ketones (excluding diaryl/α,β-unsaturated/α-hetero) is 1. The maximum Gasteiger partial charge on any atom is 0.295 e. The Balaban J connectivity index is 1.88. The number of likely N-dealkylation sites (tertiary alicyclic amines) is 1. The number of halogens is 1. The molecule has 6 heteroatoms. The molecule has 0 spiro atoms. The number of rotatable bonds is 4. The summed E-state index contributed by atoms with van der Waals surface area (Å²) in [6.07, 6.45) is 0. The number of benzene rings is 3. The number of phenols is 1. The highest BCUT2D eigenvalue weighted by atomic mass is 35.5. The van der Waals surface area contributed by atoms with Crippen LogP contribution in [0.25, 0.3) is 5.76 Å². The monoisotopic (exact) mass is 447 g/mol. The van der Waals surface area contributed by atoms with Crippen molar-refractivity contribution in [3.05, 3.63) is 105 Å². The van der Waals surface area contributed by atoms with Gasteiger partial charge in [-0.15, -0.1) is 0 Å². The van der Waals surface area contributed by atoms with Crippen LogP contribution in [0.1, 0.15) is 33.9 Å². The third-order valence-corrected chi connectivity index (χ3v) is 5.93. The lowest BCUT2D eigenvalue weighted by molar-refractivity contribution is -0.140. The smallest absolute Gasteiger partial charge is 0.295 e. The van der Waals surface area contributed by atoms with E-state index >= 15 is 0 Å². The first-order valence-electron chi connectivity index (χ1n) is 10.2. The van der Waals surface area contributed by atoms with Crippen LogP contribution in [0.2, 0.25) is 5.02 Å². The predicted octanol–water partition coefficient (Wildman–Crippen LogP) is 5.28. The molecule has 5 nitrogen and oxygen atoms in total. The lowest BCUT2D eigenvalue weighted by atomic mass is 9.95. The van der Waals surface area contributed by atoms with Crippen LogP contribution in [0.3, 0.4) is 0 Å². The summed E-state index contributed by atoms with van der Waals surface area (Å²) in [5.74, 6) is -1.67. The molecule has 0 aliphatic carbocycles. The number of aromatic hydroxyl groups is 1. The topological polar surface area (TPSA) is 77.8 Å². The standard InChI is InChI=1S/C26H22ClNO4/c1-15-6-7-16(2)19(12-15)14-28-23(17-8-10-21(29)11-9-17)22(25(31)26(28)32)24(30)18-4-3-5-20(27)13-18/h3-13,23,29-30H,14H2,1-2H3/b24-22+. The van der Waals surface area contributed by atoms with E-state index in [-0.39, 0.29) is 23.6 Å². The van der Waals surface area contributed by atoms with Gasteiger partial charge in [0.2, 0.25) is 0 Å². The van der Waals surface area contributed by atoms with Gasteiger partial charge in [0.05, 0.1) is 11.6 Å². The number of amides is 1. The second kappa shape index (κ2) is 8.52. The molecule has 4 rings (SSSR count). The fourth-order valence-electron chi connectivity index (χ4n) is 3.99. The van der Waals surface area contributed by atoms with Crippen molar-refractivity contribution in [3.8, 4) is 5.75 Å². The SMILES string of the molecule is Cc1ccc(C)c(CN2C(=O)C(=O)/C(=C(/O)c3cccc(Cl)c3)C2c2ccc(O)cc2)c1. The molecular formula is C26H22ClNO4. The van der Waals surface area contributed by atoms with Gasteiger partial charge in [-0.1, -0.05) is 59.6 Å². The number of aryl methyl sites for hydroxylation is 2. The summed E-state index contributed by atoms with van der Waals surface area (Å²) in [5.41, 5.74) is 3.91. The quantitative estimate of drug-likeness (QED) is 0.324. The van der Waals surface area contributed by atoms with Crippen LogP contribution >= 0.6 is 11.6 Å². The number of hydrogen-bond donors (Lipinski definition) is 2. The van der Waals surface area contributed by atoms with Crippen molar-refractivity contribution in [3.63, 3.8) is 0 Å². The van der Waals surface area contributed by atoms with Gasteiger partial charge in [-0.05, 0) is 54.8 Å². The summed E-state index contributed by atoms with van der Waals surface area (Å²) in [7, 11) is 0. The van der Waals surface area contributed by atoms with Crippen LogP contribution in [-0.2, 0) is 16.1 Å². The van der Waals surface area contributed by atoms with Gasteiger partial charge in [0.1, 0.15) is 11.5 Å². The van der Waals surface area contributed by atoms with Crippen molar-refractivity contribution in [2.45, 2.75) is 26.4 Å². The zero-order valence-electron chi connectivity index (χ0n) is 17.7. The predicted molar refractivity (Wildman–Crippen MR) is 123 cm³/mol. The van der Waals surface area contributed by atoms with Gasteiger partial charge in [0.25, 0.3) is 11.7 Å². The fraction of sp³-hybridized carbons (Fsp3) is 0.154. The minimum atomic E-state index is -0.811. The van der Waals surface area contributed by atoms with Crippen molar-refractivity contribution >= 4 is 29.1 Å². The van der Waals surface area contributed by atoms with E-state index in [4.69, 9.17) is 11.6 Å². The van der Waals surface area contributed by atoms with Gasteiger partial charge in [-0.3, -0.25) is 9.59 Å². The number of aliphatic hydroxyl groups excluding tert-OH is 1. The van der Waals surface area contributed by atoms with Crippen molar-refractivity contribution in [1.29, 1.82) is 0 Å². The summed E-state index contributed by atoms with van der Waals surface area (Å²) in [6.45, 7) is 4.12. The van der Waals surface area contributed by atoms with Gasteiger partial charge in [0.15, 0.2) is 0 Å². The molecule has 1 atom stereocenters. The Morgan fingerprint density at radius 1 is 1.00 bits per heavy atom. The number of aliphatic hydroxyl groups is 1. The lowest BCUT2D eigenvalue weighted by Crippen LogP contribution is -2.29. The Bertz CT molecular complexity index is 1250. The zero-order valence-corrected chi connectivity index (χ0v) is 18.4. The van der Waals surface area contributed by atoms with E-state index in [9.17, 15) is 19.8 Å². The number of ketones is 1. The molecule has 2 N–H and O–H groups in total. The van der Waals surface area contributed by atoms with Crippen molar-refractivity contribution in [2.24, 2.45) is 0 Å². The minimum Gasteiger partial charge on any atom is -0.508 e. The second-order valence-corrected chi connectivity index (χ2v) is 8.40. The second-order valence-electron chi connectivity index (χ2n) is 7.96. The van der Waals surface area contributed by atoms with Gasteiger partial charge >= 0.3 is 0 Å². The molecule has 3 aromatic rings. The van der Waals surface area contributed by atoms with E-state index in [0.717, 1.165) is 16.7 Å².